The van der Waals surface area contributed by atoms with E-state index in [1.807, 2.05) is 6.07 Å². The van der Waals surface area contributed by atoms with Gasteiger partial charge >= 0.3 is 0 Å². The van der Waals surface area contributed by atoms with Gasteiger partial charge in [0.2, 0.25) is 0 Å². The van der Waals surface area contributed by atoms with E-state index in [2.05, 4.69) is 42.5 Å². The molecule has 120 valence electrons. The van der Waals surface area contributed by atoms with Crippen molar-refractivity contribution in [1.29, 1.82) is 0 Å². The second-order valence-corrected chi connectivity index (χ2v) is 6.31. The summed E-state index contributed by atoms with van der Waals surface area (Å²) < 4.78 is 16.5. The first kappa shape index (κ1) is 14.7. The highest BCUT2D eigenvalue weighted by Crippen LogP contribution is 2.26. The molecule has 0 aromatic heterocycles. The van der Waals surface area contributed by atoms with Crippen molar-refractivity contribution in [2.75, 3.05) is 19.8 Å². The van der Waals surface area contributed by atoms with Gasteiger partial charge in [-0.1, -0.05) is 42.5 Å². The molecule has 2 fully saturated rings. The number of para-hydroxylation sites is 1. The van der Waals surface area contributed by atoms with Crippen LogP contribution in [-0.4, -0.2) is 32.0 Å². The fourth-order valence-electron chi connectivity index (χ4n) is 2.87. The van der Waals surface area contributed by atoms with E-state index >= 15 is 0 Å². The van der Waals surface area contributed by atoms with Gasteiger partial charge in [0.15, 0.2) is 0 Å². The van der Waals surface area contributed by atoms with Crippen molar-refractivity contribution in [2.24, 2.45) is 0 Å². The molecule has 4 rings (SSSR count). The van der Waals surface area contributed by atoms with Gasteiger partial charge in [-0.05, 0) is 35.6 Å². The number of hydrogen-bond donors (Lipinski definition) is 0. The molecule has 2 aliphatic heterocycles. The lowest BCUT2D eigenvalue weighted by atomic mass is 9.96. The summed E-state index contributed by atoms with van der Waals surface area (Å²) in [5, 5.41) is 0. The first-order valence-electron chi connectivity index (χ1n) is 8.39. The number of ether oxygens (including phenoxy) is 3. The Bertz CT molecular complexity index is 602. The van der Waals surface area contributed by atoms with E-state index in [9.17, 15) is 0 Å². The Hall–Kier alpha value is -1.84. The van der Waals surface area contributed by atoms with Gasteiger partial charge in [0.25, 0.3) is 0 Å². The van der Waals surface area contributed by atoms with Crippen LogP contribution in [0.5, 0.6) is 5.75 Å². The van der Waals surface area contributed by atoms with Crippen molar-refractivity contribution in [3.8, 4) is 5.75 Å². The SMILES string of the molecule is c1ccc(Cc2ccccc2OCC2CO2)c(CCC2CO2)c1. The lowest BCUT2D eigenvalue weighted by molar-refractivity contribution is 0.261. The highest BCUT2D eigenvalue weighted by molar-refractivity contribution is 5.40. The van der Waals surface area contributed by atoms with Crippen molar-refractivity contribution in [3.63, 3.8) is 0 Å². The number of aryl methyl sites for hydroxylation is 1. The molecular formula is C20H22O3. The van der Waals surface area contributed by atoms with E-state index in [-0.39, 0.29) is 6.10 Å². The average Bonchev–Trinajstić information content (AvgIpc) is 3.48. The Morgan fingerprint density at radius 3 is 2.22 bits per heavy atom. The minimum absolute atomic E-state index is 0.286. The first-order chi connectivity index (χ1) is 11.4. The number of rotatable bonds is 8. The van der Waals surface area contributed by atoms with E-state index in [0.29, 0.717) is 12.7 Å². The summed E-state index contributed by atoms with van der Waals surface area (Å²) in [5.74, 6) is 0.975. The Morgan fingerprint density at radius 2 is 1.48 bits per heavy atom. The van der Waals surface area contributed by atoms with Crippen LogP contribution in [0.3, 0.4) is 0 Å². The van der Waals surface area contributed by atoms with Crippen LogP contribution in [0.4, 0.5) is 0 Å². The van der Waals surface area contributed by atoms with Crippen molar-refractivity contribution in [3.05, 3.63) is 65.2 Å². The maximum absolute atomic E-state index is 5.94. The highest BCUT2D eigenvalue weighted by atomic mass is 16.6. The molecule has 2 heterocycles. The van der Waals surface area contributed by atoms with Crippen LogP contribution in [0.1, 0.15) is 23.1 Å². The van der Waals surface area contributed by atoms with Crippen molar-refractivity contribution in [2.45, 2.75) is 31.5 Å². The fourth-order valence-corrected chi connectivity index (χ4v) is 2.87. The van der Waals surface area contributed by atoms with Gasteiger partial charge in [0.05, 0.1) is 19.3 Å². The minimum atomic E-state index is 0.286. The average molecular weight is 310 g/mol. The molecule has 0 amide bonds. The predicted molar refractivity (Wildman–Crippen MR) is 89.0 cm³/mol. The molecule has 2 aliphatic rings. The molecule has 2 aromatic carbocycles. The molecule has 3 heteroatoms. The number of hydrogen-bond acceptors (Lipinski definition) is 3. The third kappa shape index (κ3) is 4.12. The number of benzene rings is 2. The summed E-state index contributed by atoms with van der Waals surface area (Å²) in [7, 11) is 0. The van der Waals surface area contributed by atoms with Crippen molar-refractivity contribution < 1.29 is 14.2 Å². The maximum Gasteiger partial charge on any atom is 0.122 e. The van der Waals surface area contributed by atoms with Gasteiger partial charge < -0.3 is 14.2 Å². The normalized spacial score (nSPS) is 21.9. The Labute approximate surface area is 137 Å². The van der Waals surface area contributed by atoms with Crippen LogP contribution in [0.15, 0.2) is 48.5 Å². The summed E-state index contributed by atoms with van der Waals surface area (Å²) in [6.45, 7) is 2.41. The molecule has 2 atom stereocenters. The van der Waals surface area contributed by atoms with Gasteiger partial charge in [-0.25, -0.2) is 0 Å². The molecule has 0 saturated carbocycles. The van der Waals surface area contributed by atoms with Crippen LogP contribution in [0.2, 0.25) is 0 Å². The molecule has 0 bridgehead atoms. The summed E-state index contributed by atoms with van der Waals surface area (Å²) in [6, 6.07) is 17.0. The van der Waals surface area contributed by atoms with Gasteiger partial charge in [-0.2, -0.15) is 0 Å². The molecule has 3 nitrogen and oxygen atoms in total. The molecule has 0 spiro atoms. The lowest BCUT2D eigenvalue weighted by Gasteiger charge is -2.13. The predicted octanol–water partition coefficient (Wildman–Crippen LogP) is 3.39. The lowest BCUT2D eigenvalue weighted by Crippen LogP contribution is -2.06. The molecule has 23 heavy (non-hydrogen) atoms. The van der Waals surface area contributed by atoms with Gasteiger partial charge in [-0.3, -0.25) is 0 Å². The molecule has 0 N–H and O–H groups in total. The van der Waals surface area contributed by atoms with Gasteiger partial charge in [0.1, 0.15) is 18.5 Å². The third-order valence-electron chi connectivity index (χ3n) is 4.44. The molecule has 0 aliphatic carbocycles. The Kier molecular flexibility index (Phi) is 4.31. The van der Waals surface area contributed by atoms with Gasteiger partial charge in [-0.15, -0.1) is 0 Å². The van der Waals surface area contributed by atoms with Crippen LogP contribution in [0.25, 0.3) is 0 Å². The van der Waals surface area contributed by atoms with E-state index < -0.39 is 0 Å². The minimum Gasteiger partial charge on any atom is -0.490 e. The molecule has 0 radical (unpaired) electrons. The van der Waals surface area contributed by atoms with Crippen LogP contribution in [-0.2, 0) is 22.3 Å². The fraction of sp³-hybridized carbons (Fsp3) is 0.400. The van der Waals surface area contributed by atoms with Crippen LogP contribution >= 0.6 is 0 Å². The molecule has 2 unspecified atom stereocenters. The monoisotopic (exact) mass is 310 g/mol. The number of epoxide rings is 2. The van der Waals surface area contributed by atoms with E-state index in [1.165, 1.54) is 16.7 Å². The second kappa shape index (κ2) is 6.73. The third-order valence-corrected chi connectivity index (χ3v) is 4.44. The standard InChI is InChI=1S/C20H22O3/c1-2-6-16(15(5-1)9-10-18-12-21-18)11-17-7-3-4-8-20(17)23-14-19-13-22-19/h1-8,18-19H,9-14H2. The largest absolute Gasteiger partial charge is 0.490 e. The zero-order chi connectivity index (χ0) is 15.5. The molecule has 2 saturated heterocycles. The highest BCUT2D eigenvalue weighted by Gasteiger charge is 2.24. The van der Waals surface area contributed by atoms with Gasteiger partial charge in [0, 0.05) is 6.42 Å². The topological polar surface area (TPSA) is 34.3 Å². The van der Waals surface area contributed by atoms with E-state index in [4.69, 9.17) is 14.2 Å². The zero-order valence-corrected chi connectivity index (χ0v) is 13.2. The molecular weight excluding hydrogens is 288 g/mol. The van der Waals surface area contributed by atoms with Crippen LogP contribution in [0, 0.1) is 0 Å². The summed E-state index contributed by atoms with van der Waals surface area (Å²) in [5.41, 5.74) is 4.04. The van der Waals surface area contributed by atoms with E-state index in [1.54, 1.807) is 0 Å². The zero-order valence-electron chi connectivity index (χ0n) is 13.2. The van der Waals surface area contributed by atoms with E-state index in [0.717, 1.165) is 38.2 Å². The maximum atomic E-state index is 5.94. The molecule has 2 aromatic rings. The smallest absolute Gasteiger partial charge is 0.122 e. The van der Waals surface area contributed by atoms with Crippen molar-refractivity contribution in [1.82, 2.24) is 0 Å². The second-order valence-electron chi connectivity index (χ2n) is 6.31. The summed E-state index contributed by atoms with van der Waals surface area (Å²) >= 11 is 0. The quantitative estimate of drug-likeness (QED) is 0.701. The van der Waals surface area contributed by atoms with Crippen molar-refractivity contribution >= 4 is 0 Å². The summed E-state index contributed by atoms with van der Waals surface area (Å²) in [4.78, 5) is 0. The first-order valence-corrected chi connectivity index (χ1v) is 8.39. The Balaban J connectivity index is 1.48. The summed E-state index contributed by atoms with van der Waals surface area (Å²) in [6.07, 6.45) is 3.88. The Morgan fingerprint density at radius 1 is 0.826 bits per heavy atom. The van der Waals surface area contributed by atoms with Crippen LogP contribution < -0.4 is 4.74 Å².